The average Bonchev–Trinajstić information content (AvgIpc) is 2.79. The maximum absolute atomic E-state index is 3.70. The van der Waals surface area contributed by atoms with Gasteiger partial charge in [0.25, 0.3) is 0 Å². The van der Waals surface area contributed by atoms with Crippen LogP contribution in [0.2, 0.25) is 0 Å². The van der Waals surface area contributed by atoms with Crippen molar-refractivity contribution in [1.82, 2.24) is 5.32 Å². The molecule has 1 nitrogen and oxygen atoms in total. The van der Waals surface area contributed by atoms with Gasteiger partial charge in [0.05, 0.1) is 0 Å². The summed E-state index contributed by atoms with van der Waals surface area (Å²) in [7, 11) is 0. The van der Waals surface area contributed by atoms with Crippen LogP contribution in [0.3, 0.4) is 0 Å². The van der Waals surface area contributed by atoms with Crippen LogP contribution in [0.5, 0.6) is 0 Å². The van der Waals surface area contributed by atoms with E-state index in [1.807, 2.05) is 0 Å². The molecule has 2 rings (SSSR count). The summed E-state index contributed by atoms with van der Waals surface area (Å²) in [4.78, 5) is 0. The molecule has 0 bridgehead atoms. The number of hydrogen-bond acceptors (Lipinski definition) is 2. The van der Waals surface area contributed by atoms with Crippen LogP contribution in [0, 0.1) is 5.92 Å². The monoisotopic (exact) mass is 227 g/mol. The molecule has 0 aromatic carbocycles. The topological polar surface area (TPSA) is 12.0 Å². The van der Waals surface area contributed by atoms with Gasteiger partial charge in [-0.1, -0.05) is 32.1 Å². The number of nitrogens with one attached hydrogen (secondary N) is 1. The van der Waals surface area contributed by atoms with Crippen molar-refractivity contribution in [3.05, 3.63) is 0 Å². The first kappa shape index (κ1) is 11.8. The van der Waals surface area contributed by atoms with E-state index in [4.69, 9.17) is 0 Å². The summed E-state index contributed by atoms with van der Waals surface area (Å²) in [6.45, 7) is 1.27. The summed E-state index contributed by atoms with van der Waals surface area (Å²) >= 11 is 2.11. The second-order valence-electron chi connectivity index (χ2n) is 5.16. The molecule has 1 aliphatic carbocycles. The largest absolute Gasteiger partial charge is 0.313 e. The Morgan fingerprint density at radius 1 is 1.07 bits per heavy atom. The molecule has 2 fully saturated rings. The third-order valence-electron chi connectivity index (χ3n) is 3.88. The summed E-state index contributed by atoms with van der Waals surface area (Å²) in [6, 6.07) is 0.835. The van der Waals surface area contributed by atoms with Gasteiger partial charge in [0.15, 0.2) is 0 Å². The van der Waals surface area contributed by atoms with E-state index in [1.165, 1.54) is 69.4 Å². The number of hydrogen-bond donors (Lipinski definition) is 1. The fourth-order valence-electron chi connectivity index (χ4n) is 2.87. The van der Waals surface area contributed by atoms with Crippen molar-refractivity contribution in [2.75, 3.05) is 18.1 Å². The molecule has 0 aromatic rings. The standard InChI is InChI=1S/C13H25NS/c1-2-5-12(6-3-1)7-4-9-14-13-8-10-15-11-13/h12-14H,1-11H2. The predicted molar refractivity (Wildman–Crippen MR) is 69.5 cm³/mol. The first-order valence-electron chi connectivity index (χ1n) is 6.76. The molecular formula is C13H25NS. The summed E-state index contributed by atoms with van der Waals surface area (Å²) < 4.78 is 0. The van der Waals surface area contributed by atoms with Gasteiger partial charge in [-0.15, -0.1) is 0 Å². The van der Waals surface area contributed by atoms with Crippen LogP contribution in [-0.4, -0.2) is 24.1 Å². The molecule has 1 atom stereocenters. The highest BCUT2D eigenvalue weighted by molar-refractivity contribution is 7.99. The highest BCUT2D eigenvalue weighted by atomic mass is 32.2. The fourth-order valence-corrected chi connectivity index (χ4v) is 4.06. The highest BCUT2D eigenvalue weighted by Gasteiger charge is 2.15. The zero-order chi connectivity index (χ0) is 10.3. The van der Waals surface area contributed by atoms with Gasteiger partial charge in [-0.2, -0.15) is 11.8 Å². The zero-order valence-electron chi connectivity index (χ0n) is 9.84. The Hall–Kier alpha value is 0.310. The van der Waals surface area contributed by atoms with Crippen LogP contribution < -0.4 is 5.32 Å². The number of rotatable bonds is 5. The quantitative estimate of drug-likeness (QED) is 0.722. The van der Waals surface area contributed by atoms with Crippen LogP contribution in [0.1, 0.15) is 51.4 Å². The second kappa shape index (κ2) is 6.80. The Bertz CT molecular complexity index is 160. The fraction of sp³-hybridized carbons (Fsp3) is 1.00. The lowest BCUT2D eigenvalue weighted by Gasteiger charge is -2.21. The van der Waals surface area contributed by atoms with Gasteiger partial charge in [-0.3, -0.25) is 0 Å². The maximum Gasteiger partial charge on any atom is 0.0166 e. The highest BCUT2D eigenvalue weighted by Crippen LogP contribution is 2.27. The Morgan fingerprint density at radius 3 is 2.67 bits per heavy atom. The molecular weight excluding hydrogens is 202 g/mol. The van der Waals surface area contributed by atoms with Crippen LogP contribution in [0.4, 0.5) is 0 Å². The molecule has 2 aliphatic rings. The third-order valence-corrected chi connectivity index (χ3v) is 5.04. The van der Waals surface area contributed by atoms with Crippen LogP contribution in [0.25, 0.3) is 0 Å². The first-order valence-corrected chi connectivity index (χ1v) is 7.92. The average molecular weight is 227 g/mol. The lowest BCUT2D eigenvalue weighted by Crippen LogP contribution is -2.29. The van der Waals surface area contributed by atoms with Gasteiger partial charge >= 0.3 is 0 Å². The summed E-state index contributed by atoms with van der Waals surface area (Å²) in [5, 5.41) is 3.70. The molecule has 1 heterocycles. The van der Waals surface area contributed by atoms with E-state index >= 15 is 0 Å². The third kappa shape index (κ3) is 4.36. The zero-order valence-corrected chi connectivity index (χ0v) is 10.7. The maximum atomic E-state index is 3.70. The predicted octanol–water partition coefficient (Wildman–Crippen LogP) is 3.44. The molecule has 0 aromatic heterocycles. The van der Waals surface area contributed by atoms with Crippen molar-refractivity contribution in [2.45, 2.75) is 57.4 Å². The lowest BCUT2D eigenvalue weighted by atomic mass is 9.86. The van der Waals surface area contributed by atoms with E-state index in [1.54, 1.807) is 0 Å². The second-order valence-corrected chi connectivity index (χ2v) is 6.31. The van der Waals surface area contributed by atoms with Gasteiger partial charge in [0, 0.05) is 11.8 Å². The van der Waals surface area contributed by atoms with Crippen LogP contribution in [0.15, 0.2) is 0 Å². The van der Waals surface area contributed by atoms with E-state index in [0.29, 0.717) is 0 Å². The Kier molecular flexibility index (Phi) is 5.34. The molecule has 1 saturated carbocycles. The van der Waals surface area contributed by atoms with Crippen molar-refractivity contribution >= 4 is 11.8 Å². The lowest BCUT2D eigenvalue weighted by molar-refractivity contribution is 0.328. The van der Waals surface area contributed by atoms with Gasteiger partial charge in [0.1, 0.15) is 0 Å². The molecule has 0 spiro atoms. The molecule has 1 N–H and O–H groups in total. The minimum atomic E-state index is 0.835. The van der Waals surface area contributed by atoms with Crippen LogP contribution >= 0.6 is 11.8 Å². The molecule has 0 radical (unpaired) electrons. The molecule has 0 amide bonds. The minimum Gasteiger partial charge on any atom is -0.313 e. The molecule has 1 unspecified atom stereocenters. The molecule has 2 heteroatoms. The van der Waals surface area contributed by atoms with E-state index < -0.39 is 0 Å². The van der Waals surface area contributed by atoms with E-state index in [-0.39, 0.29) is 0 Å². The van der Waals surface area contributed by atoms with Gasteiger partial charge < -0.3 is 5.32 Å². The van der Waals surface area contributed by atoms with E-state index in [9.17, 15) is 0 Å². The minimum absolute atomic E-state index is 0.835. The summed E-state index contributed by atoms with van der Waals surface area (Å²) in [5.41, 5.74) is 0. The molecule has 15 heavy (non-hydrogen) atoms. The van der Waals surface area contributed by atoms with Crippen molar-refractivity contribution in [1.29, 1.82) is 0 Å². The van der Waals surface area contributed by atoms with Crippen molar-refractivity contribution < 1.29 is 0 Å². The van der Waals surface area contributed by atoms with Gasteiger partial charge in [-0.05, 0) is 37.5 Å². The normalized spacial score (nSPS) is 28.4. The SMILES string of the molecule is C1CCC(CCCNC2CCSC2)CC1. The van der Waals surface area contributed by atoms with E-state index in [2.05, 4.69) is 17.1 Å². The smallest absolute Gasteiger partial charge is 0.0166 e. The van der Waals surface area contributed by atoms with Crippen molar-refractivity contribution in [3.63, 3.8) is 0 Å². The van der Waals surface area contributed by atoms with Crippen molar-refractivity contribution in [2.24, 2.45) is 5.92 Å². The molecule has 1 aliphatic heterocycles. The van der Waals surface area contributed by atoms with Gasteiger partial charge in [-0.25, -0.2) is 0 Å². The van der Waals surface area contributed by atoms with E-state index in [0.717, 1.165) is 12.0 Å². The summed E-state index contributed by atoms with van der Waals surface area (Å²) in [6.07, 6.45) is 11.8. The van der Waals surface area contributed by atoms with Crippen LogP contribution in [-0.2, 0) is 0 Å². The Morgan fingerprint density at radius 2 is 1.93 bits per heavy atom. The molecule has 1 saturated heterocycles. The number of thioether (sulfide) groups is 1. The Balaban J connectivity index is 1.47. The first-order chi connectivity index (χ1) is 7.45. The van der Waals surface area contributed by atoms with Crippen molar-refractivity contribution in [3.8, 4) is 0 Å². The summed E-state index contributed by atoms with van der Waals surface area (Å²) in [5.74, 6) is 3.79. The Labute approximate surface area is 98.8 Å². The van der Waals surface area contributed by atoms with Gasteiger partial charge in [0.2, 0.25) is 0 Å². The molecule has 88 valence electrons.